The van der Waals surface area contributed by atoms with Gasteiger partial charge < -0.3 is 9.47 Å². The number of carbonyl (C=O) groups is 1. The van der Waals surface area contributed by atoms with Crippen molar-refractivity contribution in [3.63, 3.8) is 0 Å². The highest BCUT2D eigenvalue weighted by Crippen LogP contribution is 2.36. The number of hydrogen-bond donors (Lipinski definition) is 0. The van der Waals surface area contributed by atoms with Crippen LogP contribution in [0.4, 0.5) is 0 Å². The SMILES string of the molecule is CC1CC[C@@H](C(C)C)[C@H](O[C@@H]2C=CC(=O)O2)C1. The van der Waals surface area contributed by atoms with Gasteiger partial charge in [0.1, 0.15) is 0 Å². The highest BCUT2D eigenvalue weighted by Gasteiger charge is 2.34. The maximum atomic E-state index is 11.0. The summed E-state index contributed by atoms with van der Waals surface area (Å²) in [6, 6.07) is 0. The van der Waals surface area contributed by atoms with Crippen LogP contribution in [0.25, 0.3) is 0 Å². The van der Waals surface area contributed by atoms with E-state index in [2.05, 4.69) is 20.8 Å². The van der Waals surface area contributed by atoms with Crippen LogP contribution in [0.5, 0.6) is 0 Å². The summed E-state index contributed by atoms with van der Waals surface area (Å²) in [6.45, 7) is 6.75. The Kier molecular flexibility index (Phi) is 3.87. The first-order chi connectivity index (χ1) is 8.06. The van der Waals surface area contributed by atoms with Crippen LogP contribution in [-0.4, -0.2) is 18.4 Å². The van der Waals surface area contributed by atoms with E-state index in [1.54, 1.807) is 6.08 Å². The van der Waals surface area contributed by atoms with E-state index < -0.39 is 6.29 Å². The maximum Gasteiger partial charge on any atom is 0.333 e. The third-order valence-corrected chi connectivity index (χ3v) is 3.89. The molecular formula is C14H22O3. The third-order valence-electron chi connectivity index (χ3n) is 3.89. The number of cyclic esters (lactones) is 1. The lowest BCUT2D eigenvalue weighted by atomic mass is 9.75. The Morgan fingerprint density at radius 2 is 2.18 bits per heavy atom. The van der Waals surface area contributed by atoms with Crippen molar-refractivity contribution in [2.75, 3.05) is 0 Å². The summed E-state index contributed by atoms with van der Waals surface area (Å²) < 4.78 is 11.0. The summed E-state index contributed by atoms with van der Waals surface area (Å²) in [5, 5.41) is 0. The molecule has 1 unspecified atom stereocenters. The van der Waals surface area contributed by atoms with E-state index in [-0.39, 0.29) is 12.1 Å². The van der Waals surface area contributed by atoms with Gasteiger partial charge in [0.25, 0.3) is 0 Å². The second-order valence-electron chi connectivity index (χ2n) is 5.67. The number of hydrogen-bond acceptors (Lipinski definition) is 3. The highest BCUT2D eigenvalue weighted by atomic mass is 16.7. The Morgan fingerprint density at radius 1 is 1.41 bits per heavy atom. The smallest absolute Gasteiger partial charge is 0.333 e. The molecule has 0 aromatic carbocycles. The van der Waals surface area contributed by atoms with E-state index in [1.165, 1.54) is 18.9 Å². The van der Waals surface area contributed by atoms with E-state index in [9.17, 15) is 4.79 Å². The van der Waals surface area contributed by atoms with Crippen LogP contribution in [0.2, 0.25) is 0 Å². The lowest BCUT2D eigenvalue weighted by Gasteiger charge is -2.37. The Morgan fingerprint density at radius 3 is 2.76 bits per heavy atom. The quantitative estimate of drug-likeness (QED) is 0.709. The average molecular weight is 238 g/mol. The third kappa shape index (κ3) is 3.09. The fourth-order valence-corrected chi connectivity index (χ4v) is 2.87. The molecule has 0 aromatic rings. The minimum Gasteiger partial charge on any atom is -0.429 e. The summed E-state index contributed by atoms with van der Waals surface area (Å²) in [5.41, 5.74) is 0. The Bertz CT molecular complexity index is 309. The molecule has 3 heteroatoms. The minimum absolute atomic E-state index is 0.222. The minimum atomic E-state index is -0.459. The van der Waals surface area contributed by atoms with Gasteiger partial charge in [0, 0.05) is 6.08 Å². The molecule has 1 aliphatic carbocycles. The van der Waals surface area contributed by atoms with Gasteiger partial charge in [0.2, 0.25) is 6.29 Å². The molecule has 1 aliphatic heterocycles. The number of carbonyl (C=O) groups excluding carboxylic acids is 1. The summed E-state index contributed by atoms with van der Waals surface area (Å²) >= 11 is 0. The molecule has 1 saturated carbocycles. The predicted molar refractivity (Wildman–Crippen MR) is 65.2 cm³/mol. The van der Waals surface area contributed by atoms with Crippen LogP contribution in [0.1, 0.15) is 40.0 Å². The van der Waals surface area contributed by atoms with Gasteiger partial charge in [-0.05, 0) is 36.7 Å². The van der Waals surface area contributed by atoms with Crippen molar-refractivity contribution in [3.8, 4) is 0 Å². The number of esters is 1. The van der Waals surface area contributed by atoms with Crippen LogP contribution in [0, 0.1) is 17.8 Å². The van der Waals surface area contributed by atoms with Crippen LogP contribution < -0.4 is 0 Å². The Hall–Kier alpha value is -0.830. The largest absolute Gasteiger partial charge is 0.429 e. The lowest BCUT2D eigenvalue weighted by molar-refractivity contribution is -0.178. The van der Waals surface area contributed by atoms with Crippen LogP contribution >= 0.6 is 0 Å². The van der Waals surface area contributed by atoms with Crippen molar-refractivity contribution >= 4 is 5.97 Å². The normalized spacial score (nSPS) is 37.5. The molecule has 1 heterocycles. The van der Waals surface area contributed by atoms with Crippen molar-refractivity contribution < 1.29 is 14.3 Å². The second kappa shape index (κ2) is 5.21. The van der Waals surface area contributed by atoms with Crippen molar-refractivity contribution in [1.29, 1.82) is 0 Å². The fourth-order valence-electron chi connectivity index (χ4n) is 2.87. The molecule has 1 fully saturated rings. The Labute approximate surface area is 103 Å². The second-order valence-corrected chi connectivity index (χ2v) is 5.67. The van der Waals surface area contributed by atoms with Gasteiger partial charge in [-0.3, -0.25) is 0 Å². The van der Waals surface area contributed by atoms with Gasteiger partial charge in [0.15, 0.2) is 0 Å². The predicted octanol–water partition coefficient (Wildman–Crippen LogP) is 2.90. The molecule has 0 bridgehead atoms. The molecule has 0 aromatic heterocycles. The van der Waals surface area contributed by atoms with Crippen molar-refractivity contribution in [3.05, 3.63) is 12.2 Å². The zero-order valence-corrected chi connectivity index (χ0v) is 10.9. The van der Waals surface area contributed by atoms with Gasteiger partial charge in [-0.2, -0.15) is 0 Å². The zero-order chi connectivity index (χ0) is 12.4. The first-order valence-electron chi connectivity index (χ1n) is 6.60. The zero-order valence-electron chi connectivity index (χ0n) is 10.9. The van der Waals surface area contributed by atoms with E-state index in [0.717, 1.165) is 6.42 Å². The van der Waals surface area contributed by atoms with Gasteiger partial charge in [-0.1, -0.05) is 27.2 Å². The van der Waals surface area contributed by atoms with Gasteiger partial charge in [-0.15, -0.1) is 0 Å². The van der Waals surface area contributed by atoms with Gasteiger partial charge >= 0.3 is 5.97 Å². The van der Waals surface area contributed by atoms with Crippen molar-refractivity contribution in [1.82, 2.24) is 0 Å². The first-order valence-corrected chi connectivity index (χ1v) is 6.60. The van der Waals surface area contributed by atoms with E-state index in [0.29, 0.717) is 17.8 Å². The first kappa shape index (κ1) is 12.6. The van der Waals surface area contributed by atoms with Gasteiger partial charge in [0.05, 0.1) is 6.10 Å². The van der Waals surface area contributed by atoms with Crippen molar-refractivity contribution in [2.24, 2.45) is 17.8 Å². The molecule has 2 aliphatic rings. The highest BCUT2D eigenvalue weighted by molar-refractivity contribution is 5.84. The van der Waals surface area contributed by atoms with Gasteiger partial charge in [-0.25, -0.2) is 4.79 Å². The molecule has 17 heavy (non-hydrogen) atoms. The fraction of sp³-hybridized carbons (Fsp3) is 0.786. The van der Waals surface area contributed by atoms with Crippen molar-refractivity contribution in [2.45, 2.75) is 52.4 Å². The topological polar surface area (TPSA) is 35.5 Å². The van der Waals surface area contributed by atoms with Crippen LogP contribution in [0.3, 0.4) is 0 Å². The number of ether oxygens (including phenoxy) is 2. The van der Waals surface area contributed by atoms with Crippen LogP contribution in [-0.2, 0) is 14.3 Å². The van der Waals surface area contributed by atoms with Crippen LogP contribution in [0.15, 0.2) is 12.2 Å². The lowest BCUT2D eigenvalue weighted by Crippen LogP contribution is -2.36. The summed E-state index contributed by atoms with van der Waals surface area (Å²) in [4.78, 5) is 11.0. The van der Waals surface area contributed by atoms with E-state index in [4.69, 9.17) is 9.47 Å². The summed E-state index contributed by atoms with van der Waals surface area (Å²) in [5.74, 6) is 1.61. The van der Waals surface area contributed by atoms with E-state index in [1.807, 2.05) is 0 Å². The summed E-state index contributed by atoms with van der Waals surface area (Å²) in [6.07, 6.45) is 6.49. The monoisotopic (exact) mass is 238 g/mol. The average Bonchev–Trinajstić information content (AvgIpc) is 2.63. The molecule has 0 amide bonds. The molecule has 0 saturated heterocycles. The molecule has 0 radical (unpaired) electrons. The molecular weight excluding hydrogens is 216 g/mol. The maximum absolute atomic E-state index is 11.0. The summed E-state index contributed by atoms with van der Waals surface area (Å²) in [7, 11) is 0. The molecule has 3 nitrogen and oxygen atoms in total. The molecule has 0 N–H and O–H groups in total. The molecule has 96 valence electrons. The molecule has 2 rings (SSSR count). The Balaban J connectivity index is 1.95. The number of rotatable bonds is 3. The standard InChI is InChI=1S/C14H22O3/c1-9(2)11-5-4-10(3)8-12(11)16-14-7-6-13(15)17-14/h6-7,9-12,14H,4-5,8H2,1-3H3/t10?,11-,12+,14-/m0/s1. The molecule has 4 atom stereocenters. The molecule has 0 spiro atoms. The van der Waals surface area contributed by atoms with E-state index >= 15 is 0 Å².